The third kappa shape index (κ3) is 5.21. The van der Waals surface area contributed by atoms with Crippen molar-refractivity contribution in [2.45, 2.75) is 20.0 Å². The van der Waals surface area contributed by atoms with Crippen molar-refractivity contribution in [3.8, 4) is 5.75 Å². The van der Waals surface area contributed by atoms with Crippen molar-refractivity contribution in [1.82, 2.24) is 0 Å². The Morgan fingerprint density at radius 2 is 2.00 bits per heavy atom. The number of halogens is 1. The van der Waals surface area contributed by atoms with Crippen LogP contribution in [0.15, 0.2) is 33.9 Å². The minimum absolute atomic E-state index is 0.203. The van der Waals surface area contributed by atoms with Crippen LogP contribution in [0.25, 0.3) is 0 Å². The van der Waals surface area contributed by atoms with Crippen molar-refractivity contribution in [1.29, 1.82) is 0 Å². The molecule has 0 radical (unpaired) electrons. The monoisotopic (exact) mass is 346 g/mol. The summed E-state index contributed by atoms with van der Waals surface area (Å²) < 4.78 is 12.1. The van der Waals surface area contributed by atoms with Crippen LogP contribution in [0.1, 0.15) is 18.9 Å². The average molecular weight is 346 g/mol. The second kappa shape index (κ2) is 7.32. The highest BCUT2D eigenvalue weighted by Crippen LogP contribution is 2.12. The fourth-order valence-corrected chi connectivity index (χ4v) is 1.42. The zero-order valence-corrected chi connectivity index (χ0v) is 12.1. The molecule has 0 heterocycles. The molecule has 3 nitrogen and oxygen atoms in total. The van der Waals surface area contributed by atoms with Crippen molar-refractivity contribution in [3.63, 3.8) is 0 Å². The van der Waals surface area contributed by atoms with E-state index >= 15 is 0 Å². The van der Waals surface area contributed by atoms with Gasteiger partial charge in [-0.05, 0) is 28.7 Å². The van der Waals surface area contributed by atoms with E-state index in [1.54, 1.807) is 7.11 Å². The van der Waals surface area contributed by atoms with Gasteiger partial charge in [0.2, 0.25) is 0 Å². The molecule has 1 rings (SSSR count). The van der Waals surface area contributed by atoms with Gasteiger partial charge in [0.15, 0.2) is 0 Å². The lowest BCUT2D eigenvalue weighted by Crippen LogP contribution is -2.04. The van der Waals surface area contributed by atoms with Crippen LogP contribution < -0.4 is 4.74 Å². The molecule has 92 valence electrons. The summed E-state index contributed by atoms with van der Waals surface area (Å²) in [7, 11) is 1.62. The number of esters is 1. The Hall–Kier alpha value is -1.04. The maximum atomic E-state index is 11.4. The second-order valence-electron chi connectivity index (χ2n) is 3.64. The molecule has 0 fully saturated rings. The van der Waals surface area contributed by atoms with Crippen molar-refractivity contribution in [3.05, 3.63) is 39.5 Å². The summed E-state index contributed by atoms with van der Waals surface area (Å²) in [6.07, 6.45) is 0.346. The highest BCUT2D eigenvalue weighted by molar-refractivity contribution is 14.1. The molecular weight excluding hydrogens is 331 g/mol. The number of ether oxygens (including phenoxy) is 2. The van der Waals surface area contributed by atoms with Gasteiger partial charge in [0.1, 0.15) is 12.4 Å². The maximum absolute atomic E-state index is 11.4. The van der Waals surface area contributed by atoms with Crippen molar-refractivity contribution >= 4 is 28.6 Å². The van der Waals surface area contributed by atoms with Crippen LogP contribution in [0.3, 0.4) is 0 Å². The van der Waals surface area contributed by atoms with Gasteiger partial charge >= 0.3 is 5.97 Å². The standard InChI is InChI=1S/C13H15IO3/c1-10(8-14)7-13(15)17-9-11-3-5-12(16-2)6-4-11/h3-6,8H,7,9H2,1-2H3/b10-8+. The summed E-state index contributed by atoms with van der Waals surface area (Å²) in [5, 5.41) is 0. The molecule has 0 aromatic heterocycles. The number of hydrogen-bond donors (Lipinski definition) is 0. The van der Waals surface area contributed by atoms with Gasteiger partial charge in [-0.25, -0.2) is 0 Å². The Morgan fingerprint density at radius 1 is 1.35 bits per heavy atom. The molecule has 0 unspecified atom stereocenters. The van der Waals surface area contributed by atoms with E-state index < -0.39 is 0 Å². The number of methoxy groups -OCH3 is 1. The van der Waals surface area contributed by atoms with Crippen molar-refractivity contribution in [2.24, 2.45) is 0 Å². The summed E-state index contributed by atoms with van der Waals surface area (Å²) in [5.41, 5.74) is 1.96. The fourth-order valence-electron chi connectivity index (χ4n) is 1.20. The quantitative estimate of drug-likeness (QED) is 0.605. The van der Waals surface area contributed by atoms with Crippen LogP contribution in [0.5, 0.6) is 5.75 Å². The summed E-state index contributed by atoms with van der Waals surface area (Å²) >= 11 is 2.11. The van der Waals surface area contributed by atoms with Gasteiger partial charge in [0, 0.05) is 0 Å². The van der Waals surface area contributed by atoms with Gasteiger partial charge in [-0.1, -0.05) is 40.3 Å². The molecule has 0 aliphatic heterocycles. The van der Waals surface area contributed by atoms with E-state index in [2.05, 4.69) is 22.6 Å². The van der Waals surface area contributed by atoms with Crippen molar-refractivity contribution in [2.75, 3.05) is 7.11 Å². The summed E-state index contributed by atoms with van der Waals surface area (Å²) in [5.74, 6) is 0.593. The molecule has 17 heavy (non-hydrogen) atoms. The number of rotatable bonds is 5. The normalized spacial score (nSPS) is 11.1. The smallest absolute Gasteiger partial charge is 0.310 e. The molecule has 0 saturated heterocycles. The lowest BCUT2D eigenvalue weighted by molar-refractivity contribution is -0.144. The van der Waals surface area contributed by atoms with Crippen LogP contribution in [-0.2, 0) is 16.1 Å². The Labute approximate surface area is 115 Å². The first-order valence-corrected chi connectivity index (χ1v) is 6.44. The van der Waals surface area contributed by atoms with Crippen LogP contribution >= 0.6 is 22.6 Å². The zero-order valence-electron chi connectivity index (χ0n) is 9.90. The lowest BCUT2D eigenvalue weighted by atomic mass is 10.2. The lowest BCUT2D eigenvalue weighted by Gasteiger charge is -2.05. The molecule has 0 aliphatic rings. The first-order valence-electron chi connectivity index (χ1n) is 5.20. The zero-order chi connectivity index (χ0) is 12.7. The Balaban J connectivity index is 2.42. The van der Waals surface area contributed by atoms with E-state index in [4.69, 9.17) is 9.47 Å². The van der Waals surface area contributed by atoms with Gasteiger partial charge in [0.25, 0.3) is 0 Å². The highest BCUT2D eigenvalue weighted by atomic mass is 127. The maximum Gasteiger partial charge on any atom is 0.310 e. The number of benzene rings is 1. The van der Waals surface area contributed by atoms with Crippen LogP contribution in [-0.4, -0.2) is 13.1 Å². The predicted molar refractivity (Wildman–Crippen MR) is 75.2 cm³/mol. The van der Waals surface area contributed by atoms with Crippen LogP contribution in [0.4, 0.5) is 0 Å². The largest absolute Gasteiger partial charge is 0.497 e. The molecule has 1 aromatic rings. The summed E-state index contributed by atoms with van der Waals surface area (Å²) in [6.45, 7) is 2.21. The van der Waals surface area contributed by atoms with Crippen LogP contribution in [0, 0.1) is 0 Å². The highest BCUT2D eigenvalue weighted by Gasteiger charge is 2.04. The summed E-state index contributed by atoms with van der Waals surface area (Å²) in [6, 6.07) is 7.46. The van der Waals surface area contributed by atoms with Gasteiger partial charge in [0.05, 0.1) is 13.5 Å². The van der Waals surface area contributed by atoms with Crippen LogP contribution in [0.2, 0.25) is 0 Å². The molecule has 1 aromatic carbocycles. The van der Waals surface area contributed by atoms with Gasteiger partial charge in [-0.3, -0.25) is 4.79 Å². The van der Waals surface area contributed by atoms with E-state index in [9.17, 15) is 4.79 Å². The Bertz CT molecular complexity index is 396. The Morgan fingerprint density at radius 3 is 2.53 bits per heavy atom. The molecule has 0 atom stereocenters. The first-order chi connectivity index (χ1) is 8.15. The van der Waals surface area contributed by atoms with E-state index in [1.807, 2.05) is 35.3 Å². The number of carbonyl (C=O) groups excluding carboxylic acids is 1. The SMILES string of the molecule is COc1ccc(COC(=O)C/C(C)=C/I)cc1. The molecule has 0 bridgehead atoms. The molecule has 0 saturated carbocycles. The van der Waals surface area contributed by atoms with Gasteiger partial charge in [-0.15, -0.1) is 0 Å². The number of carbonyl (C=O) groups is 1. The topological polar surface area (TPSA) is 35.5 Å². The molecule has 0 spiro atoms. The van der Waals surface area contributed by atoms with E-state index in [0.717, 1.165) is 16.9 Å². The summed E-state index contributed by atoms with van der Waals surface area (Å²) in [4.78, 5) is 11.4. The van der Waals surface area contributed by atoms with Crippen molar-refractivity contribution < 1.29 is 14.3 Å². The molecule has 0 aliphatic carbocycles. The third-order valence-electron chi connectivity index (χ3n) is 2.17. The fraction of sp³-hybridized carbons (Fsp3) is 0.308. The minimum atomic E-state index is -0.203. The second-order valence-corrected chi connectivity index (χ2v) is 4.26. The molecule has 0 N–H and O–H groups in total. The third-order valence-corrected chi connectivity index (χ3v) is 3.23. The minimum Gasteiger partial charge on any atom is -0.497 e. The molecule has 4 heteroatoms. The van der Waals surface area contributed by atoms with E-state index in [-0.39, 0.29) is 5.97 Å². The number of hydrogen-bond acceptors (Lipinski definition) is 3. The first kappa shape index (κ1) is 14.0. The van der Waals surface area contributed by atoms with Gasteiger partial charge < -0.3 is 9.47 Å². The molecular formula is C13H15IO3. The predicted octanol–water partition coefficient (Wildman–Crippen LogP) is 3.47. The van der Waals surface area contributed by atoms with E-state index in [0.29, 0.717) is 13.0 Å². The average Bonchev–Trinajstić information content (AvgIpc) is 2.36. The van der Waals surface area contributed by atoms with Gasteiger partial charge in [-0.2, -0.15) is 0 Å². The van der Waals surface area contributed by atoms with E-state index in [1.165, 1.54) is 0 Å². The Kier molecular flexibility index (Phi) is 6.04. The molecule has 0 amide bonds.